The van der Waals surface area contributed by atoms with Gasteiger partial charge in [-0.15, -0.1) is 0 Å². The molecule has 0 amide bonds. The molecule has 6 heteroatoms. The first-order valence-corrected chi connectivity index (χ1v) is 11.4. The van der Waals surface area contributed by atoms with Crippen molar-refractivity contribution in [3.63, 3.8) is 0 Å². The van der Waals surface area contributed by atoms with E-state index in [2.05, 4.69) is 32.7 Å². The molecule has 4 nitrogen and oxygen atoms in total. The van der Waals surface area contributed by atoms with Gasteiger partial charge in [0.15, 0.2) is 0 Å². The van der Waals surface area contributed by atoms with E-state index in [9.17, 15) is 8.60 Å². The summed E-state index contributed by atoms with van der Waals surface area (Å²) in [5.41, 5.74) is 3.30. The molecule has 150 valence electrons. The third kappa shape index (κ3) is 3.06. The third-order valence-electron chi connectivity index (χ3n) is 6.23. The van der Waals surface area contributed by atoms with Gasteiger partial charge in [-0.1, -0.05) is 19.9 Å². The van der Waals surface area contributed by atoms with Crippen molar-refractivity contribution in [2.24, 2.45) is 4.99 Å². The predicted octanol–water partition coefficient (Wildman–Crippen LogP) is 5.32. The Morgan fingerprint density at radius 3 is 2.45 bits per heavy atom. The van der Waals surface area contributed by atoms with Crippen molar-refractivity contribution in [3.8, 4) is 0 Å². The number of aliphatic imine (C=N–C) groups is 1. The predicted molar refractivity (Wildman–Crippen MR) is 116 cm³/mol. The lowest BCUT2D eigenvalue weighted by Gasteiger charge is -2.44. The number of halogens is 1. The van der Waals surface area contributed by atoms with E-state index in [1.54, 1.807) is 24.4 Å². The van der Waals surface area contributed by atoms with E-state index in [1.807, 2.05) is 18.2 Å². The quantitative estimate of drug-likeness (QED) is 0.623. The van der Waals surface area contributed by atoms with Gasteiger partial charge >= 0.3 is 0 Å². The zero-order chi connectivity index (χ0) is 21.2. The fraction of sp³-hybridized carbons (Fsp3) is 0.304. The summed E-state index contributed by atoms with van der Waals surface area (Å²) in [5.74, 6) is -0.265. The van der Waals surface area contributed by atoms with Crippen LogP contribution in [-0.2, 0) is 15.1 Å². The molecule has 1 aromatic heterocycles. The second kappa shape index (κ2) is 6.20. The van der Waals surface area contributed by atoms with E-state index < -0.39 is 15.3 Å². The van der Waals surface area contributed by atoms with E-state index in [0.29, 0.717) is 15.8 Å². The molecule has 1 aliphatic heterocycles. The molecule has 1 atom stereocenters. The van der Waals surface area contributed by atoms with Crippen LogP contribution in [-0.4, -0.2) is 26.7 Å². The summed E-state index contributed by atoms with van der Waals surface area (Å²) < 4.78 is 34.6. The second-order valence-corrected chi connectivity index (χ2v) is 10.8. The number of nitrogens with one attached hydrogen (secondary N) is 1. The Morgan fingerprint density at radius 1 is 1.03 bits per heavy atom. The highest BCUT2D eigenvalue weighted by molar-refractivity contribution is 7.92. The van der Waals surface area contributed by atoms with Gasteiger partial charge in [-0.3, -0.25) is 9.98 Å². The molecular weight excluding hydrogens is 385 g/mol. The zero-order valence-corrected chi connectivity index (χ0v) is 18.0. The number of nitrogens with zero attached hydrogens (tertiary/aromatic N) is 2. The van der Waals surface area contributed by atoms with Gasteiger partial charge in [-0.05, 0) is 55.8 Å². The molecule has 2 heterocycles. The van der Waals surface area contributed by atoms with Crippen molar-refractivity contribution in [3.05, 3.63) is 71.2 Å². The van der Waals surface area contributed by atoms with E-state index in [-0.39, 0.29) is 11.2 Å². The maximum Gasteiger partial charge on any atom is 0.123 e. The second-order valence-electron chi connectivity index (χ2n) is 8.72. The first-order valence-electron chi connectivity index (χ1n) is 9.45. The topological polar surface area (TPSA) is 66.2 Å². The Bertz CT molecular complexity index is 1290. The molecular formula is C23H24FN3OS. The third-order valence-corrected chi connectivity index (χ3v) is 7.42. The number of pyridine rings is 1. The number of fused-ring (bicyclic) bond motifs is 2. The maximum atomic E-state index is 14.1. The molecule has 1 aliphatic rings. The van der Waals surface area contributed by atoms with Crippen molar-refractivity contribution in [1.82, 2.24) is 4.98 Å². The fourth-order valence-corrected chi connectivity index (χ4v) is 4.78. The summed E-state index contributed by atoms with van der Waals surface area (Å²) in [7, 11) is -2.91. The minimum Gasteiger partial charge on any atom is -0.277 e. The van der Waals surface area contributed by atoms with E-state index in [0.717, 1.165) is 22.4 Å². The summed E-state index contributed by atoms with van der Waals surface area (Å²) in [6, 6.07) is 12.2. The van der Waals surface area contributed by atoms with Gasteiger partial charge in [0.1, 0.15) is 5.82 Å². The molecule has 0 radical (unpaired) electrons. The van der Waals surface area contributed by atoms with E-state index in [1.165, 1.54) is 12.3 Å². The Hall–Kier alpha value is -2.60. The van der Waals surface area contributed by atoms with Gasteiger partial charge in [0.2, 0.25) is 0 Å². The van der Waals surface area contributed by atoms with Crippen LogP contribution in [0.3, 0.4) is 0 Å². The molecule has 0 aliphatic carbocycles. The van der Waals surface area contributed by atoms with Gasteiger partial charge in [0, 0.05) is 34.4 Å². The maximum absolute atomic E-state index is 14.1. The van der Waals surface area contributed by atoms with E-state index >= 15 is 0 Å². The molecule has 0 saturated heterocycles. The van der Waals surface area contributed by atoms with Crippen molar-refractivity contribution in [2.45, 2.75) is 43.5 Å². The summed E-state index contributed by atoms with van der Waals surface area (Å²) in [6.07, 6.45) is 2.99. The van der Waals surface area contributed by atoms with Crippen LogP contribution in [0.4, 0.5) is 4.39 Å². The average molecular weight is 410 g/mol. The van der Waals surface area contributed by atoms with Crippen LogP contribution in [0.5, 0.6) is 0 Å². The lowest BCUT2D eigenvalue weighted by Crippen LogP contribution is -2.46. The first-order chi connectivity index (χ1) is 13.4. The number of hydrogen-bond donors (Lipinski definition) is 1. The Labute approximate surface area is 170 Å². The highest BCUT2D eigenvalue weighted by Gasteiger charge is 2.44. The van der Waals surface area contributed by atoms with Crippen molar-refractivity contribution in [1.29, 1.82) is 4.78 Å². The summed E-state index contributed by atoms with van der Waals surface area (Å²) in [5, 5.41) is 0.682. The minimum absolute atomic E-state index is 0.265. The van der Waals surface area contributed by atoms with Gasteiger partial charge in [0.25, 0.3) is 0 Å². The zero-order valence-electron chi connectivity index (χ0n) is 17.2. The van der Waals surface area contributed by atoms with Crippen LogP contribution in [0.25, 0.3) is 10.9 Å². The highest BCUT2D eigenvalue weighted by atomic mass is 32.2. The van der Waals surface area contributed by atoms with Crippen LogP contribution < -0.4 is 0 Å². The fourth-order valence-electron chi connectivity index (χ4n) is 3.88. The molecule has 3 aromatic rings. The largest absolute Gasteiger partial charge is 0.277 e. The summed E-state index contributed by atoms with van der Waals surface area (Å²) in [6.45, 7) is 8.27. The molecule has 0 spiro atoms. The lowest BCUT2D eigenvalue weighted by atomic mass is 9.65. The molecule has 4 rings (SSSR count). The number of aromatic nitrogens is 1. The van der Waals surface area contributed by atoms with Crippen LogP contribution in [0.15, 0.2) is 58.5 Å². The van der Waals surface area contributed by atoms with E-state index in [4.69, 9.17) is 9.77 Å². The molecule has 29 heavy (non-hydrogen) atoms. The van der Waals surface area contributed by atoms with Crippen molar-refractivity contribution >= 4 is 26.3 Å². The Morgan fingerprint density at radius 2 is 1.76 bits per heavy atom. The Kier molecular flexibility index (Phi) is 4.21. The monoisotopic (exact) mass is 409 g/mol. The lowest BCUT2D eigenvalue weighted by molar-refractivity contribution is 0.302. The molecule has 0 saturated carbocycles. The number of hydrogen-bond acceptors (Lipinski definition) is 4. The highest BCUT2D eigenvalue weighted by Crippen LogP contribution is 2.44. The van der Waals surface area contributed by atoms with Crippen LogP contribution in [0.1, 0.15) is 44.4 Å². The number of benzene rings is 2. The van der Waals surface area contributed by atoms with Gasteiger partial charge < -0.3 is 0 Å². The first kappa shape index (κ1) is 19.7. The molecule has 2 aromatic carbocycles. The molecule has 0 bridgehead atoms. The van der Waals surface area contributed by atoms with Gasteiger partial charge in [0.05, 0.1) is 31.4 Å². The van der Waals surface area contributed by atoms with Crippen LogP contribution in [0.2, 0.25) is 0 Å². The average Bonchev–Trinajstić information content (AvgIpc) is 2.63. The number of rotatable bonds is 2. The molecule has 1 unspecified atom stereocenters. The summed E-state index contributed by atoms with van der Waals surface area (Å²) >= 11 is 0. The Balaban J connectivity index is 2.02. The van der Waals surface area contributed by atoms with Gasteiger partial charge in [-0.25, -0.2) is 13.4 Å². The van der Waals surface area contributed by atoms with Crippen LogP contribution >= 0.6 is 0 Å². The van der Waals surface area contributed by atoms with Crippen molar-refractivity contribution < 1.29 is 8.60 Å². The smallest absolute Gasteiger partial charge is 0.123 e. The van der Waals surface area contributed by atoms with Crippen LogP contribution in [0, 0.1) is 10.6 Å². The standard InChI is InChI=1S/C23H24FN3OS/c1-22(2)18-13-15(24)7-8-16(18)21(27-23(22,3)4)14-6-9-19-17(12-14)20(10-11-26-19)29(5,25)28/h6-13,25H,1-5H3. The van der Waals surface area contributed by atoms with Crippen molar-refractivity contribution in [2.75, 3.05) is 6.26 Å². The molecule has 0 fully saturated rings. The molecule has 1 N–H and O–H groups in total. The SMILES string of the molecule is CC1(C)N=C(c2ccc3nccc(S(C)(=N)=O)c3c2)c2ccc(F)cc2C1(C)C. The normalized spacial score (nSPS) is 19.3. The summed E-state index contributed by atoms with van der Waals surface area (Å²) in [4.78, 5) is 9.87. The minimum atomic E-state index is -2.91. The van der Waals surface area contributed by atoms with Gasteiger partial charge in [-0.2, -0.15) is 0 Å².